The van der Waals surface area contributed by atoms with Gasteiger partial charge in [0.25, 0.3) is 5.91 Å². The number of morpholine rings is 1. The summed E-state index contributed by atoms with van der Waals surface area (Å²) in [4.78, 5) is 12.6. The predicted molar refractivity (Wildman–Crippen MR) is 94.4 cm³/mol. The van der Waals surface area contributed by atoms with Crippen LogP contribution in [0.25, 0.3) is 0 Å². The van der Waals surface area contributed by atoms with Crippen molar-refractivity contribution < 1.29 is 9.53 Å². The van der Waals surface area contributed by atoms with Crippen molar-refractivity contribution >= 4 is 21.8 Å². The van der Waals surface area contributed by atoms with Gasteiger partial charge in [-0.25, -0.2) is 0 Å². The topological polar surface area (TPSA) is 50.4 Å². The van der Waals surface area contributed by atoms with Gasteiger partial charge in [-0.2, -0.15) is 0 Å². The molecular weight excluding hydrogens is 356 g/mol. The molecule has 2 N–H and O–H groups in total. The van der Waals surface area contributed by atoms with Crippen molar-refractivity contribution in [3.8, 4) is 0 Å². The number of hydrogen-bond acceptors (Lipinski definition) is 3. The number of ether oxygens (including phenoxy) is 1. The van der Waals surface area contributed by atoms with Crippen LogP contribution in [0, 0.1) is 0 Å². The third kappa shape index (κ3) is 4.55. The molecule has 0 aromatic heterocycles. The van der Waals surface area contributed by atoms with E-state index in [4.69, 9.17) is 4.74 Å². The Labute approximate surface area is 146 Å². The van der Waals surface area contributed by atoms with Crippen LogP contribution >= 0.6 is 15.9 Å². The monoisotopic (exact) mass is 380 g/mol. The van der Waals surface area contributed by atoms with Crippen LogP contribution in [-0.2, 0) is 16.0 Å². The zero-order chi connectivity index (χ0) is 16.1. The molecule has 1 heterocycles. The molecule has 1 amide bonds. The van der Waals surface area contributed by atoms with Crippen LogP contribution in [0.1, 0.15) is 37.7 Å². The lowest BCUT2D eigenvalue weighted by Crippen LogP contribution is -2.57. The number of rotatable bonds is 4. The lowest BCUT2D eigenvalue weighted by Gasteiger charge is -2.39. The normalized spacial score (nSPS) is 24.1. The summed E-state index contributed by atoms with van der Waals surface area (Å²) < 4.78 is 6.70. The van der Waals surface area contributed by atoms with Crippen LogP contribution in [0.5, 0.6) is 0 Å². The van der Waals surface area contributed by atoms with Crippen LogP contribution < -0.4 is 10.6 Å². The van der Waals surface area contributed by atoms with Gasteiger partial charge in [0, 0.05) is 23.1 Å². The highest BCUT2D eigenvalue weighted by molar-refractivity contribution is 9.10. The summed E-state index contributed by atoms with van der Waals surface area (Å²) in [7, 11) is 0. The number of amides is 1. The number of carbonyl (C=O) groups excluding carboxylic acids is 1. The molecule has 1 saturated carbocycles. The van der Waals surface area contributed by atoms with Gasteiger partial charge in [-0.1, -0.05) is 47.3 Å². The van der Waals surface area contributed by atoms with Gasteiger partial charge in [-0.15, -0.1) is 0 Å². The number of benzene rings is 1. The van der Waals surface area contributed by atoms with Gasteiger partial charge in [0.15, 0.2) is 0 Å². The first kappa shape index (κ1) is 16.9. The molecule has 1 saturated heterocycles. The lowest BCUT2D eigenvalue weighted by atomic mass is 9.77. The van der Waals surface area contributed by atoms with E-state index >= 15 is 0 Å². The first-order chi connectivity index (χ1) is 11.2. The maximum Gasteiger partial charge on any atom is 0.250 e. The van der Waals surface area contributed by atoms with E-state index in [0.717, 1.165) is 30.3 Å². The second-order valence-electron chi connectivity index (χ2n) is 6.70. The minimum absolute atomic E-state index is 0.0382. The van der Waals surface area contributed by atoms with E-state index in [2.05, 4.69) is 50.8 Å². The molecule has 1 aromatic carbocycles. The maximum atomic E-state index is 12.6. The Morgan fingerprint density at radius 1 is 1.26 bits per heavy atom. The molecule has 4 nitrogen and oxygen atoms in total. The second-order valence-corrected chi connectivity index (χ2v) is 7.61. The summed E-state index contributed by atoms with van der Waals surface area (Å²) in [5, 5.41) is 6.58. The maximum absolute atomic E-state index is 12.6. The van der Waals surface area contributed by atoms with Gasteiger partial charge in [-0.3, -0.25) is 4.79 Å². The van der Waals surface area contributed by atoms with Crippen molar-refractivity contribution in [1.29, 1.82) is 0 Å². The summed E-state index contributed by atoms with van der Waals surface area (Å²) >= 11 is 3.48. The molecule has 1 aliphatic carbocycles. The molecule has 23 heavy (non-hydrogen) atoms. The van der Waals surface area contributed by atoms with Crippen LogP contribution in [0.4, 0.5) is 0 Å². The molecule has 2 aliphatic rings. The fourth-order valence-corrected chi connectivity index (χ4v) is 3.91. The van der Waals surface area contributed by atoms with Gasteiger partial charge >= 0.3 is 0 Å². The van der Waals surface area contributed by atoms with E-state index in [1.54, 1.807) is 0 Å². The van der Waals surface area contributed by atoms with E-state index in [1.807, 2.05) is 0 Å². The minimum atomic E-state index is -0.354. The van der Waals surface area contributed by atoms with Crippen LogP contribution in [0.3, 0.4) is 0 Å². The molecule has 0 radical (unpaired) electrons. The van der Waals surface area contributed by atoms with E-state index in [-0.39, 0.29) is 17.6 Å². The smallest absolute Gasteiger partial charge is 0.250 e. The molecule has 1 aromatic rings. The molecule has 0 spiro atoms. The molecular formula is C18H25BrN2O2. The quantitative estimate of drug-likeness (QED) is 0.844. The SMILES string of the molecule is O=C(NC1(Cc2ccc(Br)cc2)CCCCC1)[C@H]1CNCCO1. The standard InChI is InChI=1S/C18H25BrN2O2/c19-15-6-4-14(5-7-15)12-18(8-2-1-3-9-18)21-17(22)16-13-20-10-11-23-16/h4-7,16,20H,1-3,8-13H2,(H,21,22)/t16-/m1/s1. The fraction of sp³-hybridized carbons (Fsp3) is 0.611. The molecule has 1 atom stereocenters. The Kier molecular flexibility index (Phi) is 5.72. The predicted octanol–water partition coefficient (Wildman–Crippen LogP) is 2.80. The molecule has 1 aliphatic heterocycles. The molecule has 0 unspecified atom stereocenters. The van der Waals surface area contributed by atoms with Crippen LogP contribution in [0.2, 0.25) is 0 Å². The van der Waals surface area contributed by atoms with Crippen LogP contribution in [0.15, 0.2) is 28.7 Å². The molecule has 0 bridgehead atoms. The van der Waals surface area contributed by atoms with E-state index in [0.29, 0.717) is 13.2 Å². The number of hydrogen-bond donors (Lipinski definition) is 2. The van der Waals surface area contributed by atoms with Gasteiger partial charge in [0.1, 0.15) is 6.10 Å². The Hall–Kier alpha value is -0.910. The van der Waals surface area contributed by atoms with Gasteiger partial charge < -0.3 is 15.4 Å². The first-order valence-corrected chi connectivity index (χ1v) is 9.35. The van der Waals surface area contributed by atoms with Crippen molar-refractivity contribution in [2.75, 3.05) is 19.7 Å². The highest BCUT2D eigenvalue weighted by Crippen LogP contribution is 2.32. The van der Waals surface area contributed by atoms with Crippen molar-refractivity contribution in [3.63, 3.8) is 0 Å². The van der Waals surface area contributed by atoms with Crippen molar-refractivity contribution in [2.24, 2.45) is 0 Å². The first-order valence-electron chi connectivity index (χ1n) is 8.56. The van der Waals surface area contributed by atoms with E-state index in [9.17, 15) is 4.79 Å². The molecule has 126 valence electrons. The van der Waals surface area contributed by atoms with Crippen molar-refractivity contribution in [3.05, 3.63) is 34.3 Å². The van der Waals surface area contributed by atoms with Crippen LogP contribution in [-0.4, -0.2) is 37.2 Å². The third-order valence-corrected chi connectivity index (χ3v) is 5.40. The summed E-state index contributed by atoms with van der Waals surface area (Å²) in [5.41, 5.74) is 1.15. The zero-order valence-electron chi connectivity index (χ0n) is 13.4. The van der Waals surface area contributed by atoms with Gasteiger partial charge in [0.2, 0.25) is 0 Å². The Morgan fingerprint density at radius 3 is 2.65 bits per heavy atom. The highest BCUT2D eigenvalue weighted by atomic mass is 79.9. The van der Waals surface area contributed by atoms with Crippen molar-refractivity contribution in [1.82, 2.24) is 10.6 Å². The Morgan fingerprint density at radius 2 is 2.00 bits per heavy atom. The Bertz CT molecular complexity index is 520. The second kappa shape index (κ2) is 7.77. The summed E-state index contributed by atoms with van der Waals surface area (Å²) in [6.07, 6.45) is 6.27. The molecule has 5 heteroatoms. The average Bonchev–Trinajstić information content (AvgIpc) is 2.58. The number of carbonyl (C=O) groups is 1. The van der Waals surface area contributed by atoms with Gasteiger partial charge in [-0.05, 0) is 37.0 Å². The highest BCUT2D eigenvalue weighted by Gasteiger charge is 2.36. The largest absolute Gasteiger partial charge is 0.366 e. The molecule has 2 fully saturated rings. The zero-order valence-corrected chi connectivity index (χ0v) is 15.0. The minimum Gasteiger partial charge on any atom is -0.366 e. The van der Waals surface area contributed by atoms with Crippen molar-refractivity contribution in [2.45, 2.75) is 50.2 Å². The fourth-order valence-electron chi connectivity index (χ4n) is 3.64. The summed E-state index contributed by atoms with van der Waals surface area (Å²) in [6.45, 7) is 2.05. The lowest BCUT2D eigenvalue weighted by molar-refractivity contribution is -0.136. The van der Waals surface area contributed by atoms with E-state index in [1.165, 1.54) is 24.8 Å². The van der Waals surface area contributed by atoms with Gasteiger partial charge in [0.05, 0.1) is 6.61 Å². The molecule has 3 rings (SSSR count). The third-order valence-electron chi connectivity index (χ3n) is 4.87. The average molecular weight is 381 g/mol. The summed E-state index contributed by atoms with van der Waals surface area (Å²) in [6, 6.07) is 8.43. The Balaban J connectivity index is 1.70. The van der Waals surface area contributed by atoms with E-state index < -0.39 is 0 Å². The number of nitrogens with one attached hydrogen (secondary N) is 2. The number of halogens is 1. The summed E-state index contributed by atoms with van der Waals surface area (Å²) in [5.74, 6) is 0.0382.